The number of nitrogens with one attached hydrogen (secondary N) is 2. The summed E-state index contributed by atoms with van der Waals surface area (Å²) in [6.07, 6.45) is 1.43. The highest BCUT2D eigenvalue weighted by Gasteiger charge is 2.22. The van der Waals surface area contributed by atoms with Crippen LogP contribution in [0.5, 0.6) is 0 Å². The lowest BCUT2D eigenvalue weighted by Gasteiger charge is -2.31. The van der Waals surface area contributed by atoms with Crippen molar-refractivity contribution in [3.05, 3.63) is 65.5 Å². The molecule has 31 heavy (non-hydrogen) atoms. The number of piperidine rings is 1. The SMILES string of the molecule is NS(=O)(=O)c1ccc(CNC(=O)CN2CCC(NC(=O)c3ccc(F)cc3)CC2)cc1. The van der Waals surface area contributed by atoms with Gasteiger partial charge >= 0.3 is 0 Å². The largest absolute Gasteiger partial charge is 0.351 e. The second kappa shape index (κ2) is 9.99. The molecule has 1 heterocycles. The van der Waals surface area contributed by atoms with Crippen molar-refractivity contribution in [2.24, 2.45) is 5.14 Å². The summed E-state index contributed by atoms with van der Waals surface area (Å²) in [6, 6.07) is 11.4. The molecule has 2 aromatic carbocycles. The summed E-state index contributed by atoms with van der Waals surface area (Å²) in [5, 5.41) is 10.8. The molecule has 1 aliphatic rings. The number of carbonyl (C=O) groups is 2. The number of sulfonamides is 1. The predicted molar refractivity (Wildman–Crippen MR) is 113 cm³/mol. The monoisotopic (exact) mass is 448 g/mol. The third-order valence-corrected chi connectivity index (χ3v) is 6.07. The van der Waals surface area contributed by atoms with Crippen LogP contribution in [0.2, 0.25) is 0 Å². The molecule has 0 saturated carbocycles. The zero-order chi connectivity index (χ0) is 22.4. The van der Waals surface area contributed by atoms with Crippen molar-refractivity contribution < 1.29 is 22.4 Å². The number of carbonyl (C=O) groups excluding carboxylic acids is 2. The molecule has 0 atom stereocenters. The Morgan fingerprint density at radius 3 is 2.23 bits per heavy atom. The van der Waals surface area contributed by atoms with Crippen molar-refractivity contribution in [1.82, 2.24) is 15.5 Å². The molecule has 0 unspecified atom stereocenters. The number of amides is 2. The van der Waals surface area contributed by atoms with Gasteiger partial charge in [-0.05, 0) is 54.8 Å². The number of likely N-dealkylation sites (tertiary alicyclic amines) is 1. The minimum atomic E-state index is -3.74. The van der Waals surface area contributed by atoms with Crippen LogP contribution in [0, 0.1) is 5.82 Å². The van der Waals surface area contributed by atoms with Gasteiger partial charge in [0.25, 0.3) is 5.91 Å². The fraction of sp³-hybridized carbons (Fsp3) is 0.333. The summed E-state index contributed by atoms with van der Waals surface area (Å²) in [5.41, 5.74) is 1.18. The quantitative estimate of drug-likeness (QED) is 0.583. The average molecular weight is 449 g/mol. The number of nitrogens with zero attached hydrogens (tertiary/aromatic N) is 1. The number of rotatable bonds is 7. The van der Waals surface area contributed by atoms with Crippen molar-refractivity contribution in [3.8, 4) is 0 Å². The first-order chi connectivity index (χ1) is 14.7. The van der Waals surface area contributed by atoms with Gasteiger partial charge in [0, 0.05) is 31.2 Å². The highest BCUT2D eigenvalue weighted by Crippen LogP contribution is 2.12. The maximum Gasteiger partial charge on any atom is 0.251 e. The Bertz CT molecular complexity index is 1020. The molecule has 10 heteroatoms. The van der Waals surface area contributed by atoms with Crippen LogP contribution in [0.4, 0.5) is 4.39 Å². The molecule has 2 aromatic rings. The normalized spacial score (nSPS) is 15.4. The predicted octanol–water partition coefficient (Wildman–Crippen LogP) is 0.984. The summed E-state index contributed by atoms with van der Waals surface area (Å²) in [7, 11) is -3.74. The maximum absolute atomic E-state index is 13.0. The Hall–Kier alpha value is -2.82. The minimum Gasteiger partial charge on any atom is -0.351 e. The Morgan fingerprint density at radius 1 is 1.03 bits per heavy atom. The number of hydrogen-bond donors (Lipinski definition) is 3. The third-order valence-electron chi connectivity index (χ3n) is 5.14. The second-order valence-corrected chi connectivity index (χ2v) is 9.06. The van der Waals surface area contributed by atoms with Crippen LogP contribution in [0.1, 0.15) is 28.8 Å². The van der Waals surface area contributed by atoms with Crippen molar-refractivity contribution >= 4 is 21.8 Å². The first-order valence-corrected chi connectivity index (χ1v) is 11.4. The molecule has 8 nitrogen and oxygen atoms in total. The van der Waals surface area contributed by atoms with E-state index in [0.717, 1.165) is 18.4 Å². The van der Waals surface area contributed by atoms with E-state index in [1.165, 1.54) is 36.4 Å². The van der Waals surface area contributed by atoms with E-state index in [9.17, 15) is 22.4 Å². The molecule has 1 aliphatic heterocycles. The van der Waals surface area contributed by atoms with Gasteiger partial charge in [-0.15, -0.1) is 0 Å². The van der Waals surface area contributed by atoms with E-state index in [-0.39, 0.29) is 41.7 Å². The smallest absolute Gasteiger partial charge is 0.251 e. The standard InChI is InChI=1S/C21H25FN4O4S/c22-17-5-3-16(4-6-17)21(28)25-18-9-11-26(12-10-18)14-20(27)24-13-15-1-7-19(8-2-15)31(23,29)30/h1-8,18H,9-14H2,(H,24,27)(H,25,28)(H2,23,29,30). The summed E-state index contributed by atoms with van der Waals surface area (Å²) < 4.78 is 35.5. The van der Waals surface area contributed by atoms with Crippen LogP contribution < -0.4 is 15.8 Å². The van der Waals surface area contributed by atoms with Crippen LogP contribution in [0.25, 0.3) is 0 Å². The van der Waals surface area contributed by atoms with E-state index in [2.05, 4.69) is 10.6 Å². The molecule has 3 rings (SSSR count). The number of benzene rings is 2. The molecular weight excluding hydrogens is 423 g/mol. The first-order valence-electron chi connectivity index (χ1n) is 9.88. The molecule has 1 fully saturated rings. The van der Waals surface area contributed by atoms with Crippen LogP contribution in [0.3, 0.4) is 0 Å². The van der Waals surface area contributed by atoms with Gasteiger partial charge in [-0.3, -0.25) is 14.5 Å². The molecule has 1 saturated heterocycles. The molecule has 0 radical (unpaired) electrons. The van der Waals surface area contributed by atoms with Gasteiger partial charge in [0.15, 0.2) is 0 Å². The van der Waals surface area contributed by atoms with E-state index in [0.29, 0.717) is 18.7 Å². The van der Waals surface area contributed by atoms with E-state index < -0.39 is 10.0 Å². The summed E-state index contributed by atoms with van der Waals surface area (Å²) in [6.45, 7) is 1.87. The van der Waals surface area contributed by atoms with E-state index in [4.69, 9.17) is 5.14 Å². The van der Waals surface area contributed by atoms with E-state index in [1.54, 1.807) is 12.1 Å². The van der Waals surface area contributed by atoms with E-state index >= 15 is 0 Å². The van der Waals surface area contributed by atoms with Gasteiger partial charge in [0.05, 0.1) is 11.4 Å². The maximum atomic E-state index is 13.0. The highest BCUT2D eigenvalue weighted by atomic mass is 32.2. The molecule has 2 amide bonds. The summed E-state index contributed by atoms with van der Waals surface area (Å²) in [4.78, 5) is 26.5. The number of primary sulfonamides is 1. The average Bonchev–Trinajstić information content (AvgIpc) is 2.74. The van der Waals surface area contributed by atoms with Gasteiger partial charge in [0.1, 0.15) is 5.82 Å². The zero-order valence-electron chi connectivity index (χ0n) is 16.9. The Morgan fingerprint density at radius 2 is 1.65 bits per heavy atom. The fourth-order valence-corrected chi connectivity index (χ4v) is 3.88. The zero-order valence-corrected chi connectivity index (χ0v) is 17.7. The number of hydrogen-bond acceptors (Lipinski definition) is 5. The summed E-state index contributed by atoms with van der Waals surface area (Å²) >= 11 is 0. The molecule has 166 valence electrons. The topological polar surface area (TPSA) is 122 Å². The lowest BCUT2D eigenvalue weighted by atomic mass is 10.0. The Kier molecular flexibility index (Phi) is 7.37. The van der Waals surface area contributed by atoms with Gasteiger partial charge in [0.2, 0.25) is 15.9 Å². The first kappa shape index (κ1) is 22.9. The summed E-state index contributed by atoms with van der Waals surface area (Å²) in [5.74, 6) is -0.752. The number of nitrogens with two attached hydrogens (primary N) is 1. The highest BCUT2D eigenvalue weighted by molar-refractivity contribution is 7.89. The van der Waals surface area contributed by atoms with Crippen molar-refractivity contribution in [3.63, 3.8) is 0 Å². The van der Waals surface area contributed by atoms with Crippen LogP contribution in [-0.2, 0) is 21.4 Å². The van der Waals surface area contributed by atoms with Crippen LogP contribution in [-0.4, -0.2) is 50.8 Å². The number of halogens is 1. The Labute approximate surface area is 180 Å². The molecular formula is C21H25FN4O4S. The van der Waals surface area contributed by atoms with Crippen molar-refractivity contribution in [2.45, 2.75) is 30.3 Å². The van der Waals surface area contributed by atoms with Gasteiger partial charge in [-0.1, -0.05) is 12.1 Å². The van der Waals surface area contributed by atoms with Crippen LogP contribution in [0.15, 0.2) is 53.4 Å². The molecule has 0 aliphatic carbocycles. The van der Waals surface area contributed by atoms with Crippen LogP contribution >= 0.6 is 0 Å². The minimum absolute atomic E-state index is 0.00852. The van der Waals surface area contributed by atoms with Gasteiger partial charge in [-0.25, -0.2) is 17.9 Å². The van der Waals surface area contributed by atoms with E-state index in [1.807, 2.05) is 4.90 Å². The molecule has 4 N–H and O–H groups in total. The lowest BCUT2D eigenvalue weighted by Crippen LogP contribution is -2.47. The fourth-order valence-electron chi connectivity index (χ4n) is 3.36. The van der Waals surface area contributed by atoms with Crippen molar-refractivity contribution in [1.29, 1.82) is 0 Å². The van der Waals surface area contributed by atoms with Gasteiger partial charge in [-0.2, -0.15) is 0 Å². The Balaban J connectivity index is 1.38. The molecule has 0 aromatic heterocycles. The van der Waals surface area contributed by atoms with Crippen molar-refractivity contribution in [2.75, 3.05) is 19.6 Å². The third kappa shape index (κ3) is 6.84. The second-order valence-electron chi connectivity index (χ2n) is 7.50. The lowest BCUT2D eigenvalue weighted by molar-refractivity contribution is -0.122. The molecule has 0 spiro atoms. The molecule has 0 bridgehead atoms. The van der Waals surface area contributed by atoms with Gasteiger partial charge < -0.3 is 10.6 Å².